The Labute approximate surface area is 55.4 Å². The zero-order valence-corrected chi connectivity index (χ0v) is 5.82. The smallest absolute Gasteiger partial charge is 0.118 e. The van der Waals surface area contributed by atoms with Gasteiger partial charge in [-0.05, 0) is 19.9 Å². The molecule has 0 aliphatic heterocycles. The van der Waals surface area contributed by atoms with Crippen molar-refractivity contribution in [1.82, 2.24) is 0 Å². The fourth-order valence-corrected chi connectivity index (χ4v) is 0.318. The Morgan fingerprint density at radius 3 is 2.33 bits per heavy atom. The normalized spacial score (nSPS) is 12.6. The zero-order valence-electron chi connectivity index (χ0n) is 5.82. The number of hydrogen-bond acceptors (Lipinski definition) is 0. The predicted molar refractivity (Wildman–Crippen MR) is 38.8 cm³/mol. The Balaban J connectivity index is 3.86. The van der Waals surface area contributed by atoms with Crippen molar-refractivity contribution in [2.45, 2.75) is 13.8 Å². The molecule has 0 aromatic carbocycles. The van der Waals surface area contributed by atoms with Crippen LogP contribution in [0.4, 0.5) is 4.39 Å². The standard InChI is InChI=1S/C8H11F/c1-4-8(9)6-5-7(2)3/h4-6H,2H2,1,3H3. The van der Waals surface area contributed by atoms with Crippen molar-refractivity contribution in [3.63, 3.8) is 0 Å². The molecule has 0 heterocycles. The first-order valence-corrected chi connectivity index (χ1v) is 2.82. The second-order valence-corrected chi connectivity index (χ2v) is 1.85. The first-order chi connectivity index (χ1) is 4.16. The van der Waals surface area contributed by atoms with E-state index in [0.29, 0.717) is 0 Å². The summed E-state index contributed by atoms with van der Waals surface area (Å²) < 4.78 is 12.2. The molecule has 0 rings (SSSR count). The lowest BCUT2D eigenvalue weighted by Gasteiger charge is -1.83. The molecule has 0 aliphatic rings. The Kier molecular flexibility index (Phi) is 3.69. The summed E-state index contributed by atoms with van der Waals surface area (Å²) in [4.78, 5) is 0. The van der Waals surface area contributed by atoms with Gasteiger partial charge in [-0.2, -0.15) is 0 Å². The van der Waals surface area contributed by atoms with Crippen molar-refractivity contribution in [3.05, 3.63) is 36.2 Å². The Hall–Kier alpha value is -0.850. The van der Waals surface area contributed by atoms with E-state index in [1.54, 1.807) is 13.0 Å². The molecule has 0 aromatic heterocycles. The molecule has 0 saturated heterocycles. The average Bonchev–Trinajstić information content (AvgIpc) is 1.83. The fourth-order valence-electron chi connectivity index (χ4n) is 0.318. The van der Waals surface area contributed by atoms with Gasteiger partial charge < -0.3 is 0 Å². The van der Waals surface area contributed by atoms with Crippen LogP contribution in [0.15, 0.2) is 36.2 Å². The van der Waals surface area contributed by atoms with E-state index in [-0.39, 0.29) is 5.83 Å². The molecule has 0 nitrogen and oxygen atoms in total. The molecule has 0 saturated carbocycles. The Bertz CT molecular complexity index is 152. The van der Waals surface area contributed by atoms with Crippen LogP contribution in [0, 0.1) is 0 Å². The highest BCUT2D eigenvalue weighted by Gasteiger charge is 1.80. The summed E-state index contributed by atoms with van der Waals surface area (Å²) >= 11 is 0. The van der Waals surface area contributed by atoms with Gasteiger partial charge in [0.05, 0.1) is 0 Å². The molecule has 0 unspecified atom stereocenters. The number of allylic oxidation sites excluding steroid dienone is 5. The lowest BCUT2D eigenvalue weighted by atomic mass is 10.3. The van der Waals surface area contributed by atoms with Gasteiger partial charge in [-0.15, -0.1) is 0 Å². The highest BCUT2D eigenvalue weighted by Crippen LogP contribution is 1.99. The maximum atomic E-state index is 12.2. The molecule has 0 spiro atoms. The van der Waals surface area contributed by atoms with Crippen LogP contribution < -0.4 is 0 Å². The molecule has 0 aromatic rings. The molecule has 0 fully saturated rings. The van der Waals surface area contributed by atoms with E-state index in [2.05, 4.69) is 6.58 Å². The summed E-state index contributed by atoms with van der Waals surface area (Å²) in [7, 11) is 0. The third kappa shape index (κ3) is 5.01. The van der Waals surface area contributed by atoms with E-state index in [9.17, 15) is 4.39 Å². The van der Waals surface area contributed by atoms with Gasteiger partial charge in [0.2, 0.25) is 0 Å². The van der Waals surface area contributed by atoms with Crippen molar-refractivity contribution in [2.24, 2.45) is 0 Å². The second-order valence-electron chi connectivity index (χ2n) is 1.85. The van der Waals surface area contributed by atoms with Gasteiger partial charge in [0.15, 0.2) is 0 Å². The lowest BCUT2D eigenvalue weighted by molar-refractivity contribution is 0.665. The molecule has 0 amide bonds. The van der Waals surface area contributed by atoms with Crippen molar-refractivity contribution >= 4 is 0 Å². The van der Waals surface area contributed by atoms with Crippen LogP contribution >= 0.6 is 0 Å². The quantitative estimate of drug-likeness (QED) is 0.499. The summed E-state index contributed by atoms with van der Waals surface area (Å²) in [6.45, 7) is 7.05. The summed E-state index contributed by atoms with van der Waals surface area (Å²) in [5.74, 6) is -0.224. The molecule has 1 heteroatoms. The SMILES string of the molecule is C=C(C)C=CC(F)=CC. The van der Waals surface area contributed by atoms with Crippen LogP contribution in [-0.4, -0.2) is 0 Å². The largest absolute Gasteiger partial charge is 0.207 e. The minimum absolute atomic E-state index is 0.224. The van der Waals surface area contributed by atoms with Gasteiger partial charge in [0, 0.05) is 0 Å². The van der Waals surface area contributed by atoms with Crippen LogP contribution in [-0.2, 0) is 0 Å². The molecule has 0 radical (unpaired) electrons. The van der Waals surface area contributed by atoms with E-state index < -0.39 is 0 Å². The second kappa shape index (κ2) is 4.07. The number of hydrogen-bond donors (Lipinski definition) is 0. The molecular formula is C8H11F. The maximum Gasteiger partial charge on any atom is 0.118 e. The molecule has 0 atom stereocenters. The topological polar surface area (TPSA) is 0 Å². The van der Waals surface area contributed by atoms with Crippen molar-refractivity contribution in [2.75, 3.05) is 0 Å². The van der Waals surface area contributed by atoms with Gasteiger partial charge in [-0.1, -0.05) is 24.3 Å². The van der Waals surface area contributed by atoms with Gasteiger partial charge in [-0.25, -0.2) is 4.39 Å². The van der Waals surface area contributed by atoms with E-state index in [0.717, 1.165) is 5.57 Å². The van der Waals surface area contributed by atoms with Crippen LogP contribution in [0.3, 0.4) is 0 Å². The van der Waals surface area contributed by atoms with Gasteiger partial charge in [0.1, 0.15) is 5.83 Å². The van der Waals surface area contributed by atoms with Crippen LogP contribution in [0.5, 0.6) is 0 Å². The highest BCUT2D eigenvalue weighted by molar-refractivity contribution is 5.20. The summed E-state index contributed by atoms with van der Waals surface area (Å²) in [6.07, 6.45) is 4.43. The lowest BCUT2D eigenvalue weighted by Crippen LogP contribution is -1.63. The fraction of sp³-hybridized carbons (Fsp3) is 0.250. The van der Waals surface area contributed by atoms with Crippen LogP contribution in [0.2, 0.25) is 0 Å². The Morgan fingerprint density at radius 2 is 2.00 bits per heavy atom. The molecule has 9 heavy (non-hydrogen) atoms. The predicted octanol–water partition coefficient (Wildman–Crippen LogP) is 2.99. The first kappa shape index (κ1) is 8.15. The van der Waals surface area contributed by atoms with Crippen molar-refractivity contribution in [3.8, 4) is 0 Å². The highest BCUT2D eigenvalue weighted by atomic mass is 19.1. The number of halogens is 1. The van der Waals surface area contributed by atoms with Gasteiger partial charge in [0.25, 0.3) is 0 Å². The molecule has 50 valence electrons. The average molecular weight is 126 g/mol. The minimum atomic E-state index is -0.224. The van der Waals surface area contributed by atoms with E-state index in [1.807, 2.05) is 6.92 Å². The number of rotatable bonds is 2. The van der Waals surface area contributed by atoms with Crippen molar-refractivity contribution in [1.29, 1.82) is 0 Å². The summed E-state index contributed by atoms with van der Waals surface area (Å²) in [5, 5.41) is 0. The van der Waals surface area contributed by atoms with E-state index in [4.69, 9.17) is 0 Å². The zero-order chi connectivity index (χ0) is 7.28. The van der Waals surface area contributed by atoms with Gasteiger partial charge in [-0.3, -0.25) is 0 Å². The summed E-state index contributed by atoms with van der Waals surface area (Å²) in [6, 6.07) is 0. The Morgan fingerprint density at radius 1 is 1.44 bits per heavy atom. The third-order valence-electron chi connectivity index (χ3n) is 0.803. The molecule has 0 bridgehead atoms. The van der Waals surface area contributed by atoms with Gasteiger partial charge >= 0.3 is 0 Å². The maximum absolute atomic E-state index is 12.2. The summed E-state index contributed by atoms with van der Waals surface area (Å²) in [5.41, 5.74) is 0.854. The molecule has 0 N–H and O–H groups in total. The monoisotopic (exact) mass is 126 g/mol. The third-order valence-corrected chi connectivity index (χ3v) is 0.803. The van der Waals surface area contributed by atoms with Crippen LogP contribution in [0.1, 0.15) is 13.8 Å². The van der Waals surface area contributed by atoms with E-state index >= 15 is 0 Å². The molecule has 0 aliphatic carbocycles. The minimum Gasteiger partial charge on any atom is -0.207 e. The van der Waals surface area contributed by atoms with Crippen LogP contribution in [0.25, 0.3) is 0 Å². The molecular weight excluding hydrogens is 115 g/mol. The first-order valence-electron chi connectivity index (χ1n) is 2.82. The van der Waals surface area contributed by atoms with Crippen molar-refractivity contribution < 1.29 is 4.39 Å². The van der Waals surface area contributed by atoms with E-state index in [1.165, 1.54) is 12.2 Å².